The first-order valence-electron chi connectivity index (χ1n) is 9.27. The number of benzene rings is 2. The molecule has 0 atom stereocenters. The van der Waals surface area contributed by atoms with Gasteiger partial charge in [0.05, 0.1) is 11.4 Å². The maximum absolute atomic E-state index is 12.5. The molecule has 0 aliphatic rings. The van der Waals surface area contributed by atoms with Crippen molar-refractivity contribution in [3.63, 3.8) is 0 Å². The number of carbonyl (C=O) groups is 1. The summed E-state index contributed by atoms with van der Waals surface area (Å²) in [6, 6.07) is 18.9. The number of hydrogen-bond donors (Lipinski definition) is 1. The Hall–Kier alpha value is -3.64. The second-order valence-corrected chi connectivity index (χ2v) is 7.21. The SMILES string of the molecule is Cc1ccc2nc(COc3ccccc3NC(=O)c3cccc(Cl)c3)cc(=O)n2c1. The molecule has 4 aromatic rings. The Morgan fingerprint density at radius 1 is 1.10 bits per heavy atom. The summed E-state index contributed by atoms with van der Waals surface area (Å²) in [5.41, 5.74) is 2.80. The number of anilines is 1. The lowest BCUT2D eigenvalue weighted by atomic mass is 10.2. The highest BCUT2D eigenvalue weighted by atomic mass is 35.5. The normalized spacial score (nSPS) is 10.7. The number of aromatic nitrogens is 2. The van der Waals surface area contributed by atoms with Crippen molar-refractivity contribution in [2.24, 2.45) is 0 Å². The van der Waals surface area contributed by atoms with Crippen molar-refractivity contribution in [3.8, 4) is 5.75 Å². The van der Waals surface area contributed by atoms with E-state index in [9.17, 15) is 9.59 Å². The van der Waals surface area contributed by atoms with Gasteiger partial charge < -0.3 is 10.1 Å². The zero-order valence-corrected chi connectivity index (χ0v) is 16.9. The van der Waals surface area contributed by atoms with E-state index < -0.39 is 0 Å². The maximum atomic E-state index is 12.5. The molecular weight excluding hydrogens is 402 g/mol. The first-order chi connectivity index (χ1) is 14.5. The first kappa shape index (κ1) is 19.7. The van der Waals surface area contributed by atoms with E-state index in [1.807, 2.05) is 13.0 Å². The number of hydrogen-bond acceptors (Lipinski definition) is 4. The number of nitrogens with one attached hydrogen (secondary N) is 1. The van der Waals surface area contributed by atoms with Crippen LogP contribution in [0.25, 0.3) is 5.65 Å². The minimum Gasteiger partial charge on any atom is -0.485 e. The van der Waals surface area contributed by atoms with Crippen molar-refractivity contribution in [1.29, 1.82) is 0 Å². The third kappa shape index (κ3) is 4.34. The third-order valence-electron chi connectivity index (χ3n) is 4.46. The fourth-order valence-electron chi connectivity index (χ4n) is 3.00. The van der Waals surface area contributed by atoms with Gasteiger partial charge in [-0.3, -0.25) is 14.0 Å². The van der Waals surface area contributed by atoms with Crippen molar-refractivity contribution >= 4 is 28.8 Å². The summed E-state index contributed by atoms with van der Waals surface area (Å²) in [5, 5.41) is 3.31. The number of nitrogens with zero attached hydrogens (tertiary/aromatic N) is 2. The molecule has 150 valence electrons. The molecule has 0 radical (unpaired) electrons. The smallest absolute Gasteiger partial charge is 0.258 e. The van der Waals surface area contributed by atoms with Crippen LogP contribution in [-0.2, 0) is 6.61 Å². The fraction of sp³-hybridized carbons (Fsp3) is 0.0870. The monoisotopic (exact) mass is 419 g/mol. The second kappa shape index (κ2) is 8.39. The van der Waals surface area contributed by atoms with Gasteiger partial charge in [-0.05, 0) is 48.9 Å². The molecule has 6 nitrogen and oxygen atoms in total. The fourth-order valence-corrected chi connectivity index (χ4v) is 3.19. The predicted octanol–water partition coefficient (Wildman–Crippen LogP) is 4.49. The van der Waals surface area contributed by atoms with Crippen molar-refractivity contribution in [3.05, 3.63) is 105 Å². The van der Waals surface area contributed by atoms with Gasteiger partial charge in [-0.15, -0.1) is 0 Å². The van der Waals surface area contributed by atoms with E-state index in [-0.39, 0.29) is 18.1 Å². The molecule has 0 saturated carbocycles. The molecule has 0 spiro atoms. The zero-order valence-electron chi connectivity index (χ0n) is 16.1. The van der Waals surface area contributed by atoms with Crippen molar-refractivity contribution in [2.75, 3.05) is 5.32 Å². The summed E-state index contributed by atoms with van der Waals surface area (Å²) in [7, 11) is 0. The highest BCUT2D eigenvalue weighted by Gasteiger charge is 2.11. The van der Waals surface area contributed by atoms with E-state index >= 15 is 0 Å². The Balaban J connectivity index is 1.53. The number of carbonyl (C=O) groups excluding carboxylic acids is 1. The van der Waals surface area contributed by atoms with Crippen LogP contribution in [0, 0.1) is 6.92 Å². The van der Waals surface area contributed by atoms with Gasteiger partial charge >= 0.3 is 0 Å². The van der Waals surface area contributed by atoms with Gasteiger partial charge in [0.25, 0.3) is 11.5 Å². The van der Waals surface area contributed by atoms with Crippen LogP contribution in [0.1, 0.15) is 21.6 Å². The topological polar surface area (TPSA) is 72.7 Å². The number of fused-ring (bicyclic) bond motifs is 1. The number of rotatable bonds is 5. The molecule has 1 N–H and O–H groups in total. The van der Waals surface area contributed by atoms with Crippen LogP contribution < -0.4 is 15.6 Å². The number of halogens is 1. The van der Waals surface area contributed by atoms with Gasteiger partial charge in [-0.2, -0.15) is 0 Å². The first-order valence-corrected chi connectivity index (χ1v) is 9.65. The van der Waals surface area contributed by atoms with Gasteiger partial charge in [0.15, 0.2) is 0 Å². The molecular formula is C23H18ClN3O3. The van der Waals surface area contributed by atoms with E-state index in [1.54, 1.807) is 60.8 Å². The molecule has 4 rings (SSSR count). The van der Waals surface area contributed by atoms with Gasteiger partial charge in [0, 0.05) is 22.8 Å². The minimum atomic E-state index is -0.300. The molecule has 0 aliphatic heterocycles. The Labute approximate surface area is 177 Å². The van der Waals surface area contributed by atoms with Gasteiger partial charge in [0.1, 0.15) is 18.0 Å². The van der Waals surface area contributed by atoms with Gasteiger partial charge in [0.2, 0.25) is 0 Å². The van der Waals surface area contributed by atoms with Crippen LogP contribution in [0.4, 0.5) is 5.69 Å². The van der Waals surface area contributed by atoms with Crippen LogP contribution >= 0.6 is 11.6 Å². The van der Waals surface area contributed by atoms with E-state index in [1.165, 1.54) is 10.5 Å². The summed E-state index contributed by atoms with van der Waals surface area (Å²) in [6.07, 6.45) is 1.75. The van der Waals surface area contributed by atoms with Gasteiger partial charge in [-0.25, -0.2) is 4.98 Å². The summed E-state index contributed by atoms with van der Waals surface area (Å²) in [6.45, 7) is 2.00. The molecule has 2 aromatic heterocycles. The van der Waals surface area contributed by atoms with Crippen LogP contribution in [0.15, 0.2) is 77.7 Å². The molecule has 1 amide bonds. The Morgan fingerprint density at radius 2 is 1.93 bits per heavy atom. The number of pyridine rings is 1. The Bertz CT molecular complexity index is 1300. The van der Waals surface area contributed by atoms with E-state index in [2.05, 4.69) is 10.3 Å². The van der Waals surface area contributed by atoms with Crippen molar-refractivity contribution < 1.29 is 9.53 Å². The highest BCUT2D eigenvalue weighted by molar-refractivity contribution is 6.31. The van der Waals surface area contributed by atoms with Crippen LogP contribution in [0.3, 0.4) is 0 Å². The lowest BCUT2D eigenvalue weighted by Crippen LogP contribution is -2.17. The molecule has 2 heterocycles. The molecule has 0 unspecified atom stereocenters. The summed E-state index contributed by atoms with van der Waals surface area (Å²) >= 11 is 5.96. The molecule has 30 heavy (non-hydrogen) atoms. The standard InChI is InChI=1S/C23H18ClN3O3/c1-15-9-10-21-25-18(12-22(28)27(21)13-15)14-30-20-8-3-2-7-19(20)26-23(29)16-5-4-6-17(24)11-16/h2-13H,14H2,1H3,(H,26,29). The lowest BCUT2D eigenvalue weighted by Gasteiger charge is -2.13. The minimum absolute atomic E-state index is 0.0870. The zero-order chi connectivity index (χ0) is 21.1. The number of aryl methyl sites for hydroxylation is 1. The van der Waals surface area contributed by atoms with E-state index in [0.717, 1.165) is 5.56 Å². The van der Waals surface area contributed by atoms with Crippen molar-refractivity contribution in [2.45, 2.75) is 13.5 Å². The van der Waals surface area contributed by atoms with Gasteiger partial charge in [-0.1, -0.05) is 35.9 Å². The molecule has 2 aromatic carbocycles. The summed E-state index contributed by atoms with van der Waals surface area (Å²) < 4.78 is 7.36. The summed E-state index contributed by atoms with van der Waals surface area (Å²) in [5.74, 6) is 0.171. The Kier molecular flexibility index (Phi) is 5.50. The van der Waals surface area contributed by atoms with Crippen LogP contribution in [-0.4, -0.2) is 15.3 Å². The molecule has 7 heteroatoms. The number of amides is 1. The summed E-state index contributed by atoms with van der Waals surface area (Å²) in [4.78, 5) is 29.4. The number of ether oxygens (including phenoxy) is 1. The second-order valence-electron chi connectivity index (χ2n) is 6.77. The van der Waals surface area contributed by atoms with E-state index in [0.29, 0.717) is 33.4 Å². The quantitative estimate of drug-likeness (QED) is 0.517. The maximum Gasteiger partial charge on any atom is 0.258 e. The largest absolute Gasteiger partial charge is 0.485 e. The predicted molar refractivity (Wildman–Crippen MR) is 116 cm³/mol. The van der Waals surface area contributed by atoms with Crippen molar-refractivity contribution in [1.82, 2.24) is 9.38 Å². The molecule has 0 aliphatic carbocycles. The average Bonchev–Trinajstić information content (AvgIpc) is 2.73. The van der Waals surface area contributed by atoms with Crippen LogP contribution in [0.5, 0.6) is 5.75 Å². The molecule has 0 saturated heterocycles. The lowest BCUT2D eigenvalue weighted by molar-refractivity contribution is 0.102. The van der Waals surface area contributed by atoms with Crippen LogP contribution in [0.2, 0.25) is 5.02 Å². The highest BCUT2D eigenvalue weighted by Crippen LogP contribution is 2.25. The van der Waals surface area contributed by atoms with E-state index in [4.69, 9.17) is 16.3 Å². The Morgan fingerprint density at radius 3 is 2.77 bits per heavy atom. The number of para-hydroxylation sites is 2. The molecule has 0 bridgehead atoms. The third-order valence-corrected chi connectivity index (χ3v) is 4.69. The average molecular weight is 420 g/mol. The molecule has 0 fully saturated rings.